The first-order valence-corrected chi connectivity index (χ1v) is 8.72. The molecule has 136 valence electrons. The molecule has 5 rings (SSSR count). The lowest BCUT2D eigenvalue weighted by molar-refractivity contribution is -0.187. The van der Waals surface area contributed by atoms with Gasteiger partial charge in [-0.1, -0.05) is 6.07 Å². The largest absolute Gasteiger partial charge is 0.432 e. The van der Waals surface area contributed by atoms with Gasteiger partial charge in [-0.25, -0.2) is 4.39 Å². The van der Waals surface area contributed by atoms with Crippen LogP contribution in [0.25, 0.3) is 5.69 Å². The van der Waals surface area contributed by atoms with E-state index in [-0.39, 0.29) is 31.0 Å². The van der Waals surface area contributed by atoms with Crippen molar-refractivity contribution in [3.63, 3.8) is 0 Å². The van der Waals surface area contributed by atoms with Crippen LogP contribution in [-0.2, 0) is 13.0 Å². The van der Waals surface area contributed by atoms with E-state index in [1.165, 1.54) is 6.07 Å². The number of aliphatic imine (C=N–C) groups is 1. The summed E-state index contributed by atoms with van der Waals surface area (Å²) < 4.78 is 47.9. The van der Waals surface area contributed by atoms with E-state index in [4.69, 9.17) is 4.74 Å². The molecule has 0 saturated carbocycles. The molecule has 3 aromatic rings. The van der Waals surface area contributed by atoms with Crippen LogP contribution in [0.5, 0.6) is 5.75 Å². The Labute approximate surface area is 153 Å². The van der Waals surface area contributed by atoms with E-state index in [9.17, 15) is 13.2 Å². The SMILES string of the molecule is Fc1cccc2c1CN=C(c1ccc3c(c1)CCC(F)(F)O3)c1cccn1-2. The third-order valence-corrected chi connectivity index (χ3v) is 5.02. The predicted octanol–water partition coefficient (Wildman–Crippen LogP) is 4.89. The molecule has 0 saturated heterocycles. The molecule has 2 aromatic carbocycles. The molecule has 0 N–H and O–H groups in total. The predicted molar refractivity (Wildman–Crippen MR) is 95.4 cm³/mol. The van der Waals surface area contributed by atoms with Crippen molar-refractivity contribution in [2.75, 3.05) is 0 Å². The number of nitrogens with zero attached hydrogens (tertiary/aromatic N) is 2. The number of aryl methyl sites for hydroxylation is 1. The Hall–Kier alpha value is -3.02. The Bertz CT molecular complexity index is 1080. The number of ether oxygens (including phenoxy) is 1. The average molecular weight is 368 g/mol. The van der Waals surface area contributed by atoms with E-state index in [0.717, 1.165) is 22.5 Å². The lowest BCUT2D eigenvalue weighted by Crippen LogP contribution is -2.29. The monoisotopic (exact) mass is 368 g/mol. The Balaban J connectivity index is 1.62. The highest BCUT2D eigenvalue weighted by Gasteiger charge is 2.36. The van der Waals surface area contributed by atoms with Gasteiger partial charge in [-0.15, -0.1) is 0 Å². The molecule has 27 heavy (non-hydrogen) atoms. The molecule has 0 unspecified atom stereocenters. The van der Waals surface area contributed by atoms with Gasteiger partial charge in [-0.05, 0) is 54.4 Å². The van der Waals surface area contributed by atoms with Gasteiger partial charge in [0.1, 0.15) is 11.6 Å². The lowest BCUT2D eigenvalue weighted by atomic mass is 9.99. The van der Waals surface area contributed by atoms with Crippen molar-refractivity contribution in [1.82, 2.24) is 4.57 Å². The van der Waals surface area contributed by atoms with Crippen LogP contribution in [-0.4, -0.2) is 16.4 Å². The molecular formula is C21H15F3N2O. The molecule has 0 bridgehead atoms. The van der Waals surface area contributed by atoms with E-state index in [0.29, 0.717) is 11.3 Å². The Kier molecular flexibility index (Phi) is 3.44. The second-order valence-electron chi connectivity index (χ2n) is 6.73. The molecule has 6 heteroatoms. The summed E-state index contributed by atoms with van der Waals surface area (Å²) in [6.45, 7) is 0.213. The summed E-state index contributed by atoms with van der Waals surface area (Å²) in [5.74, 6) is -0.0906. The minimum atomic E-state index is -3.12. The molecular weight excluding hydrogens is 353 g/mol. The summed E-state index contributed by atoms with van der Waals surface area (Å²) in [6, 6.07) is 13.9. The normalized spacial score (nSPS) is 17.1. The topological polar surface area (TPSA) is 26.5 Å². The lowest BCUT2D eigenvalue weighted by Gasteiger charge is -2.25. The first-order chi connectivity index (χ1) is 13.0. The van der Waals surface area contributed by atoms with Crippen LogP contribution in [0.2, 0.25) is 0 Å². The van der Waals surface area contributed by atoms with Gasteiger partial charge in [0.2, 0.25) is 0 Å². The first kappa shape index (κ1) is 16.2. The molecule has 0 atom stereocenters. The minimum absolute atomic E-state index is 0.203. The zero-order valence-electron chi connectivity index (χ0n) is 14.3. The highest BCUT2D eigenvalue weighted by Crippen LogP contribution is 2.36. The second-order valence-corrected chi connectivity index (χ2v) is 6.73. The number of rotatable bonds is 1. The summed E-state index contributed by atoms with van der Waals surface area (Å²) >= 11 is 0. The Morgan fingerprint density at radius 3 is 2.85 bits per heavy atom. The van der Waals surface area contributed by atoms with Crippen LogP contribution < -0.4 is 4.74 Å². The van der Waals surface area contributed by atoms with E-state index >= 15 is 0 Å². The fourth-order valence-electron chi connectivity index (χ4n) is 3.71. The molecule has 0 fully saturated rings. The van der Waals surface area contributed by atoms with Crippen molar-refractivity contribution in [2.24, 2.45) is 4.99 Å². The van der Waals surface area contributed by atoms with Gasteiger partial charge in [0.05, 0.1) is 30.1 Å². The number of fused-ring (bicyclic) bond motifs is 4. The maximum absolute atomic E-state index is 14.3. The quantitative estimate of drug-likeness (QED) is 0.601. The maximum Gasteiger partial charge on any atom is 0.398 e. The summed E-state index contributed by atoms with van der Waals surface area (Å²) in [6.07, 6.45) is -1.36. The molecule has 0 aliphatic carbocycles. The number of hydrogen-bond acceptors (Lipinski definition) is 2. The maximum atomic E-state index is 14.3. The van der Waals surface area contributed by atoms with Gasteiger partial charge >= 0.3 is 6.11 Å². The average Bonchev–Trinajstić information content (AvgIpc) is 3.06. The molecule has 2 aliphatic rings. The van der Waals surface area contributed by atoms with E-state index in [2.05, 4.69) is 4.99 Å². The van der Waals surface area contributed by atoms with E-state index < -0.39 is 6.11 Å². The van der Waals surface area contributed by atoms with Crippen molar-refractivity contribution in [1.29, 1.82) is 0 Å². The fourth-order valence-corrected chi connectivity index (χ4v) is 3.71. The zero-order chi connectivity index (χ0) is 18.6. The number of halogens is 3. The zero-order valence-corrected chi connectivity index (χ0v) is 14.3. The number of alkyl halides is 2. The van der Waals surface area contributed by atoms with Crippen LogP contribution in [0.3, 0.4) is 0 Å². The van der Waals surface area contributed by atoms with Crippen LogP contribution >= 0.6 is 0 Å². The third kappa shape index (κ3) is 2.63. The highest BCUT2D eigenvalue weighted by molar-refractivity contribution is 6.12. The summed E-state index contributed by atoms with van der Waals surface area (Å²) in [4.78, 5) is 4.65. The highest BCUT2D eigenvalue weighted by atomic mass is 19.3. The molecule has 0 spiro atoms. The molecule has 3 heterocycles. The van der Waals surface area contributed by atoms with Crippen LogP contribution in [0.4, 0.5) is 13.2 Å². The fraction of sp³-hybridized carbons (Fsp3) is 0.190. The third-order valence-electron chi connectivity index (χ3n) is 5.02. The summed E-state index contributed by atoms with van der Waals surface area (Å²) in [7, 11) is 0. The Morgan fingerprint density at radius 1 is 1.07 bits per heavy atom. The smallest absolute Gasteiger partial charge is 0.398 e. The van der Waals surface area contributed by atoms with Gasteiger partial charge < -0.3 is 9.30 Å². The van der Waals surface area contributed by atoms with Crippen LogP contribution in [0.1, 0.15) is 28.8 Å². The second kappa shape index (κ2) is 5.74. The summed E-state index contributed by atoms with van der Waals surface area (Å²) in [5, 5.41) is 0. The van der Waals surface area contributed by atoms with E-state index in [1.807, 2.05) is 35.0 Å². The van der Waals surface area contributed by atoms with Crippen LogP contribution in [0, 0.1) is 5.82 Å². The molecule has 0 amide bonds. The number of benzene rings is 2. The van der Waals surface area contributed by atoms with Gasteiger partial charge in [0, 0.05) is 17.3 Å². The van der Waals surface area contributed by atoms with Crippen molar-refractivity contribution in [3.05, 3.63) is 82.9 Å². The standard InChI is InChI=1S/C21H15F3N2O/c22-16-3-1-4-17-15(16)12-25-20(18-5-2-10-26(17)18)14-6-7-19-13(11-14)8-9-21(23,24)27-19/h1-7,10-11H,8-9,12H2. The van der Waals surface area contributed by atoms with Crippen molar-refractivity contribution >= 4 is 5.71 Å². The van der Waals surface area contributed by atoms with Gasteiger partial charge in [0.25, 0.3) is 0 Å². The molecule has 1 aromatic heterocycles. The van der Waals surface area contributed by atoms with Crippen molar-refractivity contribution < 1.29 is 17.9 Å². The van der Waals surface area contributed by atoms with Crippen molar-refractivity contribution in [3.8, 4) is 11.4 Å². The minimum Gasteiger partial charge on any atom is -0.432 e. The van der Waals surface area contributed by atoms with Crippen LogP contribution in [0.15, 0.2) is 59.7 Å². The number of hydrogen-bond donors (Lipinski definition) is 0. The molecule has 0 radical (unpaired) electrons. The van der Waals surface area contributed by atoms with Crippen molar-refractivity contribution in [2.45, 2.75) is 25.5 Å². The number of aromatic nitrogens is 1. The Morgan fingerprint density at radius 2 is 1.96 bits per heavy atom. The molecule has 3 nitrogen and oxygen atoms in total. The van der Waals surface area contributed by atoms with Gasteiger partial charge in [0.15, 0.2) is 0 Å². The molecule has 2 aliphatic heterocycles. The van der Waals surface area contributed by atoms with Gasteiger partial charge in [-0.2, -0.15) is 8.78 Å². The van der Waals surface area contributed by atoms with E-state index in [1.54, 1.807) is 18.2 Å². The summed E-state index contributed by atoms with van der Waals surface area (Å²) in [5.41, 5.74) is 4.36. The van der Waals surface area contributed by atoms with Gasteiger partial charge in [-0.3, -0.25) is 4.99 Å². The first-order valence-electron chi connectivity index (χ1n) is 8.72.